The molecule has 24 heavy (non-hydrogen) atoms. The minimum absolute atomic E-state index is 0.0939. The van der Waals surface area contributed by atoms with Crippen molar-refractivity contribution in [3.8, 4) is 5.69 Å². The molecule has 2 aromatic rings. The molecule has 1 aliphatic heterocycles. The van der Waals surface area contributed by atoms with Crippen molar-refractivity contribution >= 4 is 11.9 Å². The number of nitrogens with two attached hydrogens (primary N) is 1. The molecule has 1 aliphatic rings. The lowest BCUT2D eigenvalue weighted by Gasteiger charge is -2.30. The largest absolute Gasteiger partial charge is 0.351 e. The van der Waals surface area contributed by atoms with E-state index in [1.807, 2.05) is 34.9 Å². The Kier molecular flexibility index (Phi) is 4.74. The van der Waals surface area contributed by atoms with Gasteiger partial charge in [0.15, 0.2) is 5.82 Å². The maximum Gasteiger partial charge on any atom is 0.314 e. The first kappa shape index (κ1) is 16.0. The highest BCUT2D eigenvalue weighted by molar-refractivity contribution is 5.80. The maximum atomic E-state index is 12.4. The highest BCUT2D eigenvalue weighted by atomic mass is 16.2. The van der Waals surface area contributed by atoms with Crippen LogP contribution in [0.15, 0.2) is 36.7 Å². The summed E-state index contributed by atoms with van der Waals surface area (Å²) in [5.41, 5.74) is 6.23. The Hall–Kier alpha value is -2.90. The average Bonchev–Trinajstić information content (AvgIpc) is 3.09. The van der Waals surface area contributed by atoms with Crippen molar-refractivity contribution in [2.75, 3.05) is 13.1 Å². The van der Waals surface area contributed by atoms with Gasteiger partial charge in [-0.1, -0.05) is 18.2 Å². The van der Waals surface area contributed by atoms with Crippen molar-refractivity contribution < 1.29 is 9.59 Å². The van der Waals surface area contributed by atoms with E-state index in [2.05, 4.69) is 15.5 Å². The van der Waals surface area contributed by atoms with Crippen molar-refractivity contribution in [1.29, 1.82) is 0 Å². The van der Waals surface area contributed by atoms with Gasteiger partial charge in [-0.15, -0.1) is 10.2 Å². The maximum absolute atomic E-state index is 12.4. The molecule has 1 aromatic heterocycles. The molecule has 1 aromatic carbocycles. The number of para-hydroxylation sites is 1. The summed E-state index contributed by atoms with van der Waals surface area (Å²) >= 11 is 0. The predicted molar refractivity (Wildman–Crippen MR) is 87.1 cm³/mol. The van der Waals surface area contributed by atoms with E-state index in [0.717, 1.165) is 18.5 Å². The fourth-order valence-electron chi connectivity index (χ4n) is 2.89. The van der Waals surface area contributed by atoms with Crippen LogP contribution in [0.3, 0.4) is 0 Å². The lowest BCUT2D eigenvalue weighted by atomic mass is 9.97. The standard InChI is InChI=1S/C16H20N6O2/c17-16(24)21-8-4-5-12(10-21)15(23)18-9-14-20-19-11-22(14)13-6-2-1-3-7-13/h1-3,6-7,11-12H,4-5,8-10H2,(H2,17,24)(H,18,23)/t12-/m1/s1. The van der Waals surface area contributed by atoms with Crippen molar-refractivity contribution in [2.24, 2.45) is 11.7 Å². The van der Waals surface area contributed by atoms with Crippen LogP contribution in [0, 0.1) is 5.92 Å². The highest BCUT2D eigenvalue weighted by Gasteiger charge is 2.27. The van der Waals surface area contributed by atoms with Crippen LogP contribution in [0.1, 0.15) is 18.7 Å². The zero-order valence-corrected chi connectivity index (χ0v) is 13.3. The molecule has 3 amide bonds. The molecule has 8 heteroatoms. The summed E-state index contributed by atoms with van der Waals surface area (Å²) in [7, 11) is 0. The third-order valence-electron chi connectivity index (χ3n) is 4.18. The third-order valence-corrected chi connectivity index (χ3v) is 4.18. The first-order valence-corrected chi connectivity index (χ1v) is 7.91. The van der Waals surface area contributed by atoms with E-state index in [1.54, 1.807) is 6.33 Å². The van der Waals surface area contributed by atoms with Crippen molar-refractivity contribution in [3.63, 3.8) is 0 Å². The second kappa shape index (κ2) is 7.12. The molecule has 2 heterocycles. The minimum Gasteiger partial charge on any atom is -0.351 e. The average molecular weight is 328 g/mol. The number of piperidine rings is 1. The molecule has 0 bridgehead atoms. The molecule has 1 atom stereocenters. The number of amides is 3. The second-order valence-corrected chi connectivity index (χ2v) is 5.79. The Morgan fingerprint density at radius 3 is 2.83 bits per heavy atom. The SMILES string of the molecule is NC(=O)N1CCC[C@@H](C(=O)NCc2nncn2-c2ccccc2)C1. The highest BCUT2D eigenvalue weighted by Crippen LogP contribution is 2.16. The zero-order valence-electron chi connectivity index (χ0n) is 13.3. The number of nitrogens with one attached hydrogen (secondary N) is 1. The Morgan fingerprint density at radius 2 is 2.08 bits per heavy atom. The van der Waals surface area contributed by atoms with Gasteiger partial charge in [0.2, 0.25) is 5.91 Å². The molecule has 1 saturated heterocycles. The van der Waals surface area contributed by atoms with Gasteiger partial charge in [-0.3, -0.25) is 9.36 Å². The van der Waals surface area contributed by atoms with Gasteiger partial charge in [0.25, 0.3) is 0 Å². The Morgan fingerprint density at radius 1 is 1.29 bits per heavy atom. The monoisotopic (exact) mass is 328 g/mol. The van der Waals surface area contributed by atoms with Crippen LogP contribution in [-0.2, 0) is 11.3 Å². The minimum atomic E-state index is -0.476. The van der Waals surface area contributed by atoms with Gasteiger partial charge in [0, 0.05) is 18.8 Å². The fourth-order valence-corrected chi connectivity index (χ4v) is 2.89. The van der Waals surface area contributed by atoms with Gasteiger partial charge in [-0.25, -0.2) is 4.79 Å². The summed E-state index contributed by atoms with van der Waals surface area (Å²) in [6, 6.07) is 9.21. The van der Waals surface area contributed by atoms with Crippen LogP contribution in [0.25, 0.3) is 5.69 Å². The van der Waals surface area contributed by atoms with Crippen LogP contribution in [-0.4, -0.2) is 44.7 Å². The number of urea groups is 1. The van der Waals surface area contributed by atoms with E-state index in [4.69, 9.17) is 5.73 Å². The molecule has 3 N–H and O–H groups in total. The van der Waals surface area contributed by atoms with Gasteiger partial charge < -0.3 is 16.0 Å². The number of primary amides is 1. The van der Waals surface area contributed by atoms with Crippen LogP contribution in [0.5, 0.6) is 0 Å². The van der Waals surface area contributed by atoms with Gasteiger partial charge in [0.05, 0.1) is 12.5 Å². The molecule has 0 radical (unpaired) electrons. The molecular formula is C16H20N6O2. The number of nitrogens with zero attached hydrogens (tertiary/aromatic N) is 4. The number of hydrogen-bond donors (Lipinski definition) is 2. The quantitative estimate of drug-likeness (QED) is 0.860. The summed E-state index contributed by atoms with van der Waals surface area (Å²) in [4.78, 5) is 25.1. The van der Waals surface area contributed by atoms with Gasteiger partial charge in [-0.05, 0) is 25.0 Å². The number of likely N-dealkylation sites (tertiary alicyclic amines) is 1. The number of rotatable bonds is 4. The Labute approximate surface area is 139 Å². The van der Waals surface area contributed by atoms with Crippen molar-refractivity contribution in [2.45, 2.75) is 19.4 Å². The molecular weight excluding hydrogens is 308 g/mol. The summed E-state index contributed by atoms with van der Waals surface area (Å²) < 4.78 is 1.83. The molecule has 1 fully saturated rings. The van der Waals surface area contributed by atoms with Crippen LogP contribution < -0.4 is 11.1 Å². The van der Waals surface area contributed by atoms with E-state index in [-0.39, 0.29) is 18.4 Å². The lowest BCUT2D eigenvalue weighted by Crippen LogP contribution is -2.47. The first-order chi connectivity index (χ1) is 11.6. The number of benzene rings is 1. The van der Waals surface area contributed by atoms with E-state index < -0.39 is 6.03 Å². The molecule has 0 saturated carbocycles. The van der Waals surface area contributed by atoms with E-state index in [1.165, 1.54) is 4.90 Å². The Balaban J connectivity index is 1.61. The van der Waals surface area contributed by atoms with Crippen molar-refractivity contribution in [1.82, 2.24) is 25.0 Å². The number of aromatic nitrogens is 3. The van der Waals surface area contributed by atoms with Crippen molar-refractivity contribution in [3.05, 3.63) is 42.5 Å². The van der Waals surface area contributed by atoms with E-state index in [0.29, 0.717) is 18.9 Å². The summed E-state index contributed by atoms with van der Waals surface area (Å²) in [6.45, 7) is 1.26. The summed E-state index contributed by atoms with van der Waals surface area (Å²) in [5.74, 6) is 0.319. The predicted octanol–water partition coefficient (Wildman–Crippen LogP) is 0.674. The second-order valence-electron chi connectivity index (χ2n) is 5.79. The molecule has 0 spiro atoms. The molecule has 126 valence electrons. The number of carbonyl (C=O) groups excluding carboxylic acids is 2. The topological polar surface area (TPSA) is 106 Å². The zero-order chi connectivity index (χ0) is 16.9. The number of carbonyl (C=O) groups is 2. The molecule has 8 nitrogen and oxygen atoms in total. The first-order valence-electron chi connectivity index (χ1n) is 7.91. The van der Waals surface area contributed by atoms with Crippen LogP contribution in [0.4, 0.5) is 4.79 Å². The summed E-state index contributed by atoms with van der Waals surface area (Å²) in [6.07, 6.45) is 3.15. The molecule has 0 aliphatic carbocycles. The lowest BCUT2D eigenvalue weighted by molar-refractivity contribution is -0.126. The number of hydrogen-bond acceptors (Lipinski definition) is 4. The molecule has 3 rings (SSSR count). The molecule has 0 unspecified atom stereocenters. The van der Waals surface area contributed by atoms with E-state index >= 15 is 0 Å². The smallest absolute Gasteiger partial charge is 0.314 e. The Bertz CT molecular complexity index is 714. The fraction of sp³-hybridized carbons (Fsp3) is 0.375. The summed E-state index contributed by atoms with van der Waals surface area (Å²) in [5, 5.41) is 10.9. The van der Waals surface area contributed by atoms with Gasteiger partial charge in [0.1, 0.15) is 6.33 Å². The van der Waals surface area contributed by atoms with Crippen LogP contribution in [0.2, 0.25) is 0 Å². The van der Waals surface area contributed by atoms with E-state index in [9.17, 15) is 9.59 Å². The van der Waals surface area contributed by atoms with Gasteiger partial charge >= 0.3 is 6.03 Å². The van der Waals surface area contributed by atoms with Gasteiger partial charge in [-0.2, -0.15) is 0 Å². The normalized spacial score (nSPS) is 17.5. The van der Waals surface area contributed by atoms with Crippen LogP contribution >= 0.6 is 0 Å². The third kappa shape index (κ3) is 3.53.